The molecule has 2 unspecified atom stereocenters. The molecule has 0 saturated heterocycles. The summed E-state index contributed by atoms with van der Waals surface area (Å²) in [4.78, 5) is 0. The Hall–Kier alpha value is -2.20. The monoisotopic (exact) mass is 398 g/mol. The molecule has 2 N–H and O–H groups in total. The van der Waals surface area contributed by atoms with E-state index >= 15 is 0 Å². The summed E-state index contributed by atoms with van der Waals surface area (Å²) >= 11 is 12.5. The van der Waals surface area contributed by atoms with Crippen molar-refractivity contribution in [2.45, 2.75) is 26.1 Å². The van der Waals surface area contributed by atoms with E-state index in [1.807, 2.05) is 60.7 Å². The highest BCUT2D eigenvalue weighted by atomic mass is 35.5. The van der Waals surface area contributed by atoms with E-state index in [2.05, 4.69) is 16.8 Å². The predicted octanol–water partition coefficient (Wildman–Crippen LogP) is 6.40. The highest BCUT2D eigenvalue weighted by Crippen LogP contribution is 2.36. The van der Waals surface area contributed by atoms with Gasteiger partial charge in [-0.2, -0.15) is 0 Å². The van der Waals surface area contributed by atoms with Gasteiger partial charge in [0, 0.05) is 26.5 Å². The molecule has 0 aliphatic heterocycles. The van der Waals surface area contributed by atoms with Crippen LogP contribution in [0.15, 0.2) is 60.7 Å². The summed E-state index contributed by atoms with van der Waals surface area (Å²) in [6, 6.07) is 19.7. The number of fused-ring (bicyclic) bond motifs is 3. The van der Waals surface area contributed by atoms with Gasteiger partial charge in [0.15, 0.2) is 0 Å². The van der Waals surface area contributed by atoms with E-state index < -0.39 is 6.10 Å². The lowest BCUT2D eigenvalue weighted by Gasteiger charge is -2.26. The van der Waals surface area contributed by atoms with Gasteiger partial charge in [0.1, 0.15) is 6.17 Å². The fraction of sp³-hybridized carbons (Fsp3) is 0.182. The van der Waals surface area contributed by atoms with E-state index in [1.54, 1.807) is 6.92 Å². The number of hydrogen-bond acceptors (Lipinski definition) is 2. The van der Waals surface area contributed by atoms with Crippen LogP contribution in [0.5, 0.6) is 0 Å². The minimum atomic E-state index is -0.628. The van der Waals surface area contributed by atoms with Crippen molar-refractivity contribution in [3.8, 4) is 0 Å². The quantitative estimate of drug-likeness (QED) is 0.417. The number of aliphatic hydroxyl groups excluding tert-OH is 1. The van der Waals surface area contributed by atoms with E-state index in [0.717, 1.165) is 27.5 Å². The van der Waals surface area contributed by atoms with Crippen LogP contribution in [-0.4, -0.2) is 15.8 Å². The maximum Gasteiger partial charge on any atom is 0.130 e. The zero-order valence-electron chi connectivity index (χ0n) is 15.1. The molecular weight excluding hydrogens is 379 g/mol. The second kappa shape index (κ2) is 7.08. The number of aromatic nitrogens is 1. The zero-order valence-corrected chi connectivity index (χ0v) is 16.6. The van der Waals surface area contributed by atoms with Crippen LogP contribution >= 0.6 is 23.2 Å². The normalized spacial score (nSPS) is 13.8. The van der Waals surface area contributed by atoms with Crippen molar-refractivity contribution in [3.63, 3.8) is 0 Å². The zero-order chi connectivity index (χ0) is 19.1. The van der Waals surface area contributed by atoms with Crippen LogP contribution in [0.4, 0.5) is 5.69 Å². The Morgan fingerprint density at radius 3 is 1.85 bits per heavy atom. The molecule has 3 aromatic carbocycles. The Morgan fingerprint density at radius 2 is 1.37 bits per heavy atom. The third kappa shape index (κ3) is 3.39. The number of nitrogens with zero attached hydrogens (tertiary/aromatic N) is 1. The SMILES string of the molecule is Cc1ccc(NC(C(C)O)n2c3ccc(Cl)cc3c3cc(Cl)ccc32)cc1. The van der Waals surface area contributed by atoms with Crippen LogP contribution in [-0.2, 0) is 0 Å². The molecule has 138 valence electrons. The molecule has 1 aromatic heterocycles. The van der Waals surface area contributed by atoms with Crippen molar-refractivity contribution in [1.82, 2.24) is 4.57 Å². The fourth-order valence-corrected chi connectivity index (χ4v) is 3.86. The lowest BCUT2D eigenvalue weighted by Crippen LogP contribution is -2.28. The number of anilines is 1. The molecule has 0 saturated carbocycles. The van der Waals surface area contributed by atoms with Crippen LogP contribution in [0.1, 0.15) is 18.7 Å². The molecule has 0 bridgehead atoms. The molecule has 0 spiro atoms. The van der Waals surface area contributed by atoms with E-state index in [0.29, 0.717) is 10.0 Å². The van der Waals surface area contributed by atoms with Gasteiger partial charge in [0.05, 0.1) is 17.1 Å². The first-order chi connectivity index (χ1) is 12.9. The van der Waals surface area contributed by atoms with Gasteiger partial charge >= 0.3 is 0 Å². The first-order valence-corrected chi connectivity index (χ1v) is 9.59. The molecule has 0 aliphatic carbocycles. The molecule has 0 fully saturated rings. The summed E-state index contributed by atoms with van der Waals surface area (Å²) in [5.41, 5.74) is 4.11. The van der Waals surface area contributed by atoms with E-state index in [9.17, 15) is 5.11 Å². The van der Waals surface area contributed by atoms with Crippen molar-refractivity contribution in [1.29, 1.82) is 0 Å². The summed E-state index contributed by atoms with van der Waals surface area (Å²) in [5.74, 6) is 0. The van der Waals surface area contributed by atoms with Gasteiger partial charge in [-0.3, -0.25) is 0 Å². The molecule has 1 heterocycles. The number of aliphatic hydroxyl groups is 1. The first kappa shape index (κ1) is 18.2. The number of rotatable bonds is 4. The Morgan fingerprint density at radius 1 is 0.852 bits per heavy atom. The molecule has 0 radical (unpaired) electrons. The average molecular weight is 399 g/mol. The average Bonchev–Trinajstić information content (AvgIpc) is 2.94. The van der Waals surface area contributed by atoms with E-state index in [-0.39, 0.29) is 6.17 Å². The third-order valence-corrected chi connectivity index (χ3v) is 5.30. The van der Waals surface area contributed by atoms with Crippen molar-refractivity contribution < 1.29 is 5.11 Å². The van der Waals surface area contributed by atoms with Gasteiger partial charge in [-0.1, -0.05) is 40.9 Å². The highest BCUT2D eigenvalue weighted by Gasteiger charge is 2.22. The van der Waals surface area contributed by atoms with Gasteiger partial charge in [0.2, 0.25) is 0 Å². The summed E-state index contributed by atoms with van der Waals surface area (Å²) in [6.45, 7) is 3.84. The Labute approximate surface area is 168 Å². The summed E-state index contributed by atoms with van der Waals surface area (Å²) in [6.07, 6.45) is -0.980. The maximum absolute atomic E-state index is 10.6. The molecule has 5 heteroatoms. The number of nitrogens with one attached hydrogen (secondary N) is 1. The lowest BCUT2D eigenvalue weighted by atomic mass is 10.1. The van der Waals surface area contributed by atoms with Crippen LogP contribution in [0, 0.1) is 6.92 Å². The summed E-state index contributed by atoms with van der Waals surface area (Å²) in [5, 5.41) is 17.4. The first-order valence-electron chi connectivity index (χ1n) is 8.84. The van der Waals surface area contributed by atoms with Gasteiger partial charge in [0.25, 0.3) is 0 Å². The van der Waals surface area contributed by atoms with Gasteiger partial charge in [-0.05, 0) is 62.4 Å². The Kier molecular flexibility index (Phi) is 4.77. The predicted molar refractivity (Wildman–Crippen MR) is 115 cm³/mol. The molecule has 27 heavy (non-hydrogen) atoms. The van der Waals surface area contributed by atoms with Crippen molar-refractivity contribution >= 4 is 50.7 Å². The number of aryl methyl sites for hydroxylation is 1. The molecule has 3 nitrogen and oxygen atoms in total. The lowest BCUT2D eigenvalue weighted by molar-refractivity contribution is 0.147. The molecule has 4 rings (SSSR count). The van der Waals surface area contributed by atoms with Gasteiger partial charge < -0.3 is 15.0 Å². The Balaban J connectivity index is 1.94. The molecule has 0 aliphatic rings. The topological polar surface area (TPSA) is 37.2 Å². The Bertz CT molecular complexity index is 1060. The molecular formula is C22H20Cl2N2O. The van der Waals surface area contributed by atoms with Gasteiger partial charge in [-0.25, -0.2) is 0 Å². The highest BCUT2D eigenvalue weighted by molar-refractivity contribution is 6.33. The maximum atomic E-state index is 10.6. The smallest absolute Gasteiger partial charge is 0.130 e. The second-order valence-electron chi connectivity index (χ2n) is 6.89. The second-order valence-corrected chi connectivity index (χ2v) is 7.76. The van der Waals surface area contributed by atoms with E-state index in [1.165, 1.54) is 5.56 Å². The summed E-state index contributed by atoms with van der Waals surface area (Å²) in [7, 11) is 0. The number of benzene rings is 3. The van der Waals surface area contributed by atoms with Gasteiger partial charge in [-0.15, -0.1) is 0 Å². The van der Waals surface area contributed by atoms with Crippen LogP contribution in [0.25, 0.3) is 21.8 Å². The minimum Gasteiger partial charge on any atom is -0.389 e. The molecule has 2 atom stereocenters. The molecule has 4 aromatic rings. The standard InChI is InChI=1S/C22H20Cl2N2O/c1-13-3-7-17(8-4-13)25-22(14(2)27)26-20-9-5-15(23)11-18(20)19-12-16(24)6-10-21(19)26/h3-12,14,22,25,27H,1-2H3. The third-order valence-electron chi connectivity index (χ3n) is 4.83. The number of halogens is 2. The van der Waals surface area contributed by atoms with Crippen molar-refractivity contribution in [2.24, 2.45) is 0 Å². The summed E-state index contributed by atoms with van der Waals surface area (Å²) < 4.78 is 2.11. The minimum absolute atomic E-state index is 0.352. The van der Waals surface area contributed by atoms with Crippen LogP contribution in [0.3, 0.4) is 0 Å². The number of hydrogen-bond donors (Lipinski definition) is 2. The van der Waals surface area contributed by atoms with Crippen molar-refractivity contribution in [2.75, 3.05) is 5.32 Å². The van der Waals surface area contributed by atoms with Crippen LogP contribution < -0.4 is 5.32 Å². The fourth-order valence-electron chi connectivity index (χ4n) is 3.52. The van der Waals surface area contributed by atoms with Crippen molar-refractivity contribution in [3.05, 3.63) is 76.3 Å². The largest absolute Gasteiger partial charge is 0.389 e. The van der Waals surface area contributed by atoms with E-state index in [4.69, 9.17) is 23.2 Å². The molecule has 0 amide bonds. The van der Waals surface area contributed by atoms with Crippen LogP contribution in [0.2, 0.25) is 10.0 Å².